The standard InChI is InChI=1S/C11H13BrIN/c12-9-5-4-8(7-10(9)13)11-3-1-2-6-14-11/h4-5,7,11,14H,1-3,6H2/t11-/m1/s1. The van der Waals surface area contributed by atoms with Gasteiger partial charge in [-0.3, -0.25) is 0 Å². The van der Waals surface area contributed by atoms with Crippen LogP contribution >= 0.6 is 38.5 Å². The number of halogens is 2. The van der Waals surface area contributed by atoms with E-state index in [2.05, 4.69) is 62.0 Å². The van der Waals surface area contributed by atoms with Crippen molar-refractivity contribution >= 4 is 38.5 Å². The summed E-state index contributed by atoms with van der Waals surface area (Å²) in [6.07, 6.45) is 3.95. The molecule has 3 heteroatoms. The lowest BCUT2D eigenvalue weighted by atomic mass is 9.98. The van der Waals surface area contributed by atoms with Crippen molar-refractivity contribution in [2.24, 2.45) is 0 Å². The second kappa shape index (κ2) is 4.94. The van der Waals surface area contributed by atoms with Crippen LogP contribution in [0.5, 0.6) is 0 Å². The number of piperidine rings is 1. The van der Waals surface area contributed by atoms with Crippen LogP contribution < -0.4 is 5.32 Å². The van der Waals surface area contributed by atoms with Gasteiger partial charge in [0.05, 0.1) is 0 Å². The molecule has 0 bridgehead atoms. The minimum atomic E-state index is 0.574. The van der Waals surface area contributed by atoms with Crippen molar-refractivity contribution in [3.8, 4) is 0 Å². The number of rotatable bonds is 1. The predicted octanol–water partition coefficient (Wildman–Crippen LogP) is 3.87. The van der Waals surface area contributed by atoms with E-state index in [1.54, 1.807) is 0 Å². The number of nitrogens with one attached hydrogen (secondary N) is 1. The highest BCUT2D eigenvalue weighted by molar-refractivity contribution is 14.1. The molecule has 1 N–H and O–H groups in total. The maximum Gasteiger partial charge on any atom is 0.0320 e. The summed E-state index contributed by atoms with van der Waals surface area (Å²) in [4.78, 5) is 0. The molecule has 0 spiro atoms. The Kier molecular flexibility index (Phi) is 3.85. The Labute approximate surface area is 107 Å². The van der Waals surface area contributed by atoms with Crippen LogP contribution in [-0.2, 0) is 0 Å². The van der Waals surface area contributed by atoms with Crippen molar-refractivity contribution in [2.45, 2.75) is 25.3 Å². The van der Waals surface area contributed by atoms with Gasteiger partial charge in [-0.1, -0.05) is 12.5 Å². The van der Waals surface area contributed by atoms with Crippen molar-refractivity contribution in [3.63, 3.8) is 0 Å². The van der Waals surface area contributed by atoms with Crippen LogP contribution in [0.3, 0.4) is 0 Å². The molecule has 1 aliphatic heterocycles. The molecule has 1 aromatic carbocycles. The highest BCUT2D eigenvalue weighted by atomic mass is 127. The largest absolute Gasteiger partial charge is 0.310 e. The maximum absolute atomic E-state index is 3.56. The zero-order chi connectivity index (χ0) is 9.97. The molecule has 0 aromatic heterocycles. The van der Waals surface area contributed by atoms with Gasteiger partial charge in [-0.2, -0.15) is 0 Å². The fourth-order valence-corrected chi connectivity index (χ4v) is 2.65. The summed E-state index contributed by atoms with van der Waals surface area (Å²) in [5.41, 5.74) is 1.43. The van der Waals surface area contributed by atoms with Crippen molar-refractivity contribution in [1.82, 2.24) is 5.32 Å². The van der Waals surface area contributed by atoms with Gasteiger partial charge in [0.2, 0.25) is 0 Å². The first kappa shape index (κ1) is 10.9. The first-order valence-corrected chi connectivity index (χ1v) is 6.83. The zero-order valence-electron chi connectivity index (χ0n) is 7.89. The van der Waals surface area contributed by atoms with Gasteiger partial charge >= 0.3 is 0 Å². The molecular weight excluding hydrogens is 353 g/mol. The minimum Gasteiger partial charge on any atom is -0.310 e. The summed E-state index contributed by atoms with van der Waals surface area (Å²) < 4.78 is 2.49. The van der Waals surface area contributed by atoms with Gasteiger partial charge in [-0.25, -0.2) is 0 Å². The average Bonchev–Trinajstić information content (AvgIpc) is 2.23. The minimum absolute atomic E-state index is 0.574. The van der Waals surface area contributed by atoms with Gasteiger partial charge in [0.1, 0.15) is 0 Å². The molecule has 14 heavy (non-hydrogen) atoms. The van der Waals surface area contributed by atoms with E-state index in [0.717, 1.165) is 6.54 Å². The molecular formula is C11H13BrIN. The van der Waals surface area contributed by atoms with Crippen LogP contribution in [0.1, 0.15) is 30.9 Å². The Hall–Kier alpha value is 0.390. The number of hydrogen-bond acceptors (Lipinski definition) is 1. The second-order valence-electron chi connectivity index (χ2n) is 3.68. The van der Waals surface area contributed by atoms with Gasteiger partial charge in [0.25, 0.3) is 0 Å². The van der Waals surface area contributed by atoms with E-state index in [4.69, 9.17) is 0 Å². The molecule has 76 valence electrons. The molecule has 0 unspecified atom stereocenters. The molecule has 1 nitrogen and oxygen atoms in total. The molecule has 1 heterocycles. The quantitative estimate of drug-likeness (QED) is 0.745. The van der Waals surface area contributed by atoms with Gasteiger partial charge in [0, 0.05) is 14.1 Å². The third-order valence-corrected chi connectivity index (χ3v) is 4.98. The van der Waals surface area contributed by atoms with Gasteiger partial charge < -0.3 is 5.32 Å². The molecule has 0 radical (unpaired) electrons. The van der Waals surface area contributed by atoms with E-state index in [-0.39, 0.29) is 0 Å². The summed E-state index contributed by atoms with van der Waals surface area (Å²) in [5.74, 6) is 0. The van der Waals surface area contributed by atoms with Crippen molar-refractivity contribution in [1.29, 1.82) is 0 Å². The number of hydrogen-bond donors (Lipinski definition) is 1. The highest BCUT2D eigenvalue weighted by Gasteiger charge is 2.14. The molecule has 1 aromatic rings. The first-order valence-electron chi connectivity index (χ1n) is 4.96. The topological polar surface area (TPSA) is 12.0 Å². The lowest BCUT2D eigenvalue weighted by Gasteiger charge is -2.24. The molecule has 1 aliphatic rings. The van der Waals surface area contributed by atoms with Crippen molar-refractivity contribution < 1.29 is 0 Å². The molecule has 0 amide bonds. The van der Waals surface area contributed by atoms with Crippen LogP contribution in [0.25, 0.3) is 0 Å². The molecule has 0 aliphatic carbocycles. The van der Waals surface area contributed by atoms with Crippen LogP contribution in [-0.4, -0.2) is 6.54 Å². The van der Waals surface area contributed by atoms with Gasteiger partial charge in [0.15, 0.2) is 0 Å². The summed E-state index contributed by atoms with van der Waals surface area (Å²) >= 11 is 5.90. The first-order chi connectivity index (χ1) is 6.77. The van der Waals surface area contributed by atoms with Crippen LogP contribution in [0.4, 0.5) is 0 Å². The Balaban J connectivity index is 2.18. The maximum atomic E-state index is 3.56. The third kappa shape index (κ3) is 2.49. The summed E-state index contributed by atoms with van der Waals surface area (Å²) in [6.45, 7) is 1.16. The molecule has 1 atom stereocenters. The Bertz CT molecular complexity index is 321. The van der Waals surface area contributed by atoms with Crippen molar-refractivity contribution in [2.75, 3.05) is 6.54 Å². The normalized spacial score (nSPS) is 22.3. The fraction of sp³-hybridized carbons (Fsp3) is 0.455. The van der Waals surface area contributed by atoms with Crippen LogP contribution in [0.15, 0.2) is 22.7 Å². The van der Waals surface area contributed by atoms with E-state index >= 15 is 0 Å². The Morgan fingerprint density at radius 1 is 1.36 bits per heavy atom. The van der Waals surface area contributed by atoms with E-state index in [9.17, 15) is 0 Å². The summed E-state index contributed by atoms with van der Waals surface area (Å²) in [5, 5.41) is 3.56. The van der Waals surface area contributed by atoms with E-state index in [0.29, 0.717) is 6.04 Å². The summed E-state index contributed by atoms with van der Waals surface area (Å²) in [7, 11) is 0. The molecule has 1 saturated heterocycles. The fourth-order valence-electron chi connectivity index (χ4n) is 1.87. The van der Waals surface area contributed by atoms with Crippen LogP contribution in [0.2, 0.25) is 0 Å². The van der Waals surface area contributed by atoms with E-state index < -0.39 is 0 Å². The highest BCUT2D eigenvalue weighted by Crippen LogP contribution is 2.27. The smallest absolute Gasteiger partial charge is 0.0320 e. The van der Waals surface area contributed by atoms with E-state index in [1.807, 2.05) is 0 Å². The molecule has 1 fully saturated rings. The van der Waals surface area contributed by atoms with Gasteiger partial charge in [-0.05, 0) is 75.6 Å². The summed E-state index contributed by atoms with van der Waals surface area (Å²) in [6, 6.07) is 7.21. The van der Waals surface area contributed by atoms with E-state index in [1.165, 1.54) is 32.9 Å². The predicted molar refractivity (Wildman–Crippen MR) is 71.5 cm³/mol. The zero-order valence-corrected chi connectivity index (χ0v) is 11.6. The van der Waals surface area contributed by atoms with Crippen LogP contribution in [0, 0.1) is 3.57 Å². The SMILES string of the molecule is Brc1ccc([C@H]2CCCCN2)cc1I. The van der Waals surface area contributed by atoms with Gasteiger partial charge in [-0.15, -0.1) is 0 Å². The lowest BCUT2D eigenvalue weighted by molar-refractivity contribution is 0.412. The molecule has 2 rings (SSSR count). The average molecular weight is 366 g/mol. The number of benzene rings is 1. The van der Waals surface area contributed by atoms with Crippen molar-refractivity contribution in [3.05, 3.63) is 31.8 Å². The lowest BCUT2D eigenvalue weighted by Crippen LogP contribution is -2.26. The molecule has 0 saturated carbocycles. The monoisotopic (exact) mass is 365 g/mol. The Morgan fingerprint density at radius 2 is 2.21 bits per heavy atom. The third-order valence-electron chi connectivity index (χ3n) is 2.66. The Morgan fingerprint density at radius 3 is 2.86 bits per heavy atom. The second-order valence-corrected chi connectivity index (χ2v) is 5.69.